The minimum Gasteiger partial charge on any atom is -0.490 e. The Morgan fingerprint density at radius 3 is 2.47 bits per heavy atom. The first-order chi connectivity index (χ1) is 16.5. The fourth-order valence-corrected chi connectivity index (χ4v) is 3.87. The first kappa shape index (κ1) is 24.8. The van der Waals surface area contributed by atoms with Crippen LogP contribution in [-0.2, 0) is 11.3 Å². The van der Waals surface area contributed by atoms with Crippen LogP contribution in [0.25, 0.3) is 0 Å². The van der Waals surface area contributed by atoms with Crippen LogP contribution < -0.4 is 9.47 Å². The molecule has 0 N–H and O–H groups in total. The van der Waals surface area contributed by atoms with Crippen LogP contribution in [-0.4, -0.2) is 54.5 Å². The second-order valence-corrected chi connectivity index (χ2v) is 8.11. The van der Waals surface area contributed by atoms with Crippen LogP contribution in [0.4, 0.5) is 0 Å². The second-order valence-electron chi connectivity index (χ2n) is 8.11. The number of benzene rings is 2. The Hall–Kier alpha value is -3.79. The molecule has 1 aliphatic rings. The molecule has 0 aromatic heterocycles. The van der Waals surface area contributed by atoms with E-state index in [0.29, 0.717) is 42.3 Å². The van der Waals surface area contributed by atoms with Crippen LogP contribution in [0.1, 0.15) is 47.7 Å². The predicted octanol–water partition coefficient (Wildman–Crippen LogP) is 4.18. The summed E-state index contributed by atoms with van der Waals surface area (Å²) in [5.74, 6) is 0.644. The van der Waals surface area contributed by atoms with E-state index in [1.165, 1.54) is 0 Å². The number of nitriles is 1. The highest BCUT2D eigenvalue weighted by Crippen LogP contribution is 2.29. The molecular weight excluding hydrogens is 430 g/mol. The van der Waals surface area contributed by atoms with Gasteiger partial charge in [-0.05, 0) is 62.1 Å². The topological polar surface area (TPSA) is 82.9 Å². The van der Waals surface area contributed by atoms with Crippen molar-refractivity contribution in [2.24, 2.45) is 0 Å². The summed E-state index contributed by atoms with van der Waals surface area (Å²) in [6, 6.07) is 14.2. The van der Waals surface area contributed by atoms with E-state index in [0.717, 1.165) is 37.9 Å². The molecular formula is C27H31N3O4. The molecule has 7 nitrogen and oxygen atoms in total. The smallest absolute Gasteiger partial charge is 0.260 e. The van der Waals surface area contributed by atoms with Crippen molar-refractivity contribution >= 4 is 11.8 Å². The Morgan fingerprint density at radius 2 is 1.82 bits per heavy atom. The SMILES string of the molecule is C=CCN(Cc1ccc(C#N)cc1)C(=O)c1ccc(OCC(=O)N2CCCCC2)c(OCC)c1. The summed E-state index contributed by atoms with van der Waals surface area (Å²) in [4.78, 5) is 29.2. The van der Waals surface area contributed by atoms with Crippen molar-refractivity contribution in [2.75, 3.05) is 32.8 Å². The lowest BCUT2D eigenvalue weighted by Crippen LogP contribution is -2.38. The van der Waals surface area contributed by atoms with E-state index in [9.17, 15) is 9.59 Å². The van der Waals surface area contributed by atoms with Gasteiger partial charge in [-0.3, -0.25) is 9.59 Å². The summed E-state index contributed by atoms with van der Waals surface area (Å²) in [5.41, 5.74) is 1.94. The Bertz CT molecular complexity index is 1040. The van der Waals surface area contributed by atoms with Gasteiger partial charge in [0.2, 0.25) is 0 Å². The molecule has 1 heterocycles. The fraction of sp³-hybridized carbons (Fsp3) is 0.370. The zero-order valence-corrected chi connectivity index (χ0v) is 19.7. The molecule has 1 aliphatic heterocycles. The monoisotopic (exact) mass is 461 g/mol. The van der Waals surface area contributed by atoms with Crippen LogP contribution in [0.2, 0.25) is 0 Å². The van der Waals surface area contributed by atoms with Crippen molar-refractivity contribution < 1.29 is 19.1 Å². The molecule has 0 unspecified atom stereocenters. The average molecular weight is 462 g/mol. The molecule has 1 fully saturated rings. The van der Waals surface area contributed by atoms with Gasteiger partial charge in [-0.1, -0.05) is 18.2 Å². The Morgan fingerprint density at radius 1 is 1.09 bits per heavy atom. The summed E-state index contributed by atoms with van der Waals surface area (Å²) in [7, 11) is 0. The van der Waals surface area contributed by atoms with Gasteiger partial charge in [0.1, 0.15) is 0 Å². The van der Waals surface area contributed by atoms with Crippen LogP contribution in [0, 0.1) is 11.3 Å². The number of nitrogens with zero attached hydrogens (tertiary/aromatic N) is 3. The third-order valence-corrected chi connectivity index (χ3v) is 5.64. The Balaban J connectivity index is 1.72. The third kappa shape index (κ3) is 6.61. The highest BCUT2D eigenvalue weighted by Gasteiger charge is 2.20. The van der Waals surface area contributed by atoms with Gasteiger partial charge < -0.3 is 19.3 Å². The minimum absolute atomic E-state index is 0.0399. The van der Waals surface area contributed by atoms with Gasteiger partial charge in [0.15, 0.2) is 18.1 Å². The maximum absolute atomic E-state index is 13.3. The number of carbonyl (C=O) groups is 2. The van der Waals surface area contributed by atoms with Gasteiger partial charge >= 0.3 is 0 Å². The molecule has 0 saturated carbocycles. The molecule has 2 amide bonds. The molecule has 0 spiro atoms. The van der Waals surface area contributed by atoms with E-state index in [4.69, 9.17) is 14.7 Å². The number of hydrogen-bond acceptors (Lipinski definition) is 5. The molecule has 3 rings (SSSR count). The molecule has 0 bridgehead atoms. The van der Waals surface area contributed by atoms with E-state index in [2.05, 4.69) is 12.6 Å². The maximum atomic E-state index is 13.3. The summed E-state index contributed by atoms with van der Waals surface area (Å²) in [6.45, 7) is 8.24. The molecule has 2 aromatic carbocycles. The van der Waals surface area contributed by atoms with Gasteiger partial charge in [-0.15, -0.1) is 6.58 Å². The van der Waals surface area contributed by atoms with E-state index >= 15 is 0 Å². The highest BCUT2D eigenvalue weighted by atomic mass is 16.5. The fourth-order valence-electron chi connectivity index (χ4n) is 3.87. The number of hydrogen-bond donors (Lipinski definition) is 0. The number of carbonyl (C=O) groups excluding carboxylic acids is 2. The average Bonchev–Trinajstić information content (AvgIpc) is 2.88. The van der Waals surface area contributed by atoms with Crippen LogP contribution in [0.5, 0.6) is 11.5 Å². The Labute approximate surface area is 201 Å². The van der Waals surface area contributed by atoms with E-state index in [-0.39, 0.29) is 18.4 Å². The minimum atomic E-state index is -0.179. The molecule has 0 atom stereocenters. The molecule has 2 aromatic rings. The number of rotatable bonds is 10. The van der Waals surface area contributed by atoms with Gasteiger partial charge in [0.05, 0.1) is 18.2 Å². The lowest BCUT2D eigenvalue weighted by atomic mass is 10.1. The van der Waals surface area contributed by atoms with E-state index in [1.54, 1.807) is 41.3 Å². The quantitative estimate of drug-likeness (QED) is 0.496. The van der Waals surface area contributed by atoms with Crippen LogP contribution >= 0.6 is 0 Å². The highest BCUT2D eigenvalue weighted by molar-refractivity contribution is 5.95. The molecule has 34 heavy (non-hydrogen) atoms. The van der Waals surface area contributed by atoms with Crippen molar-refractivity contribution in [3.05, 3.63) is 71.8 Å². The summed E-state index contributed by atoms with van der Waals surface area (Å²) in [5, 5.41) is 8.99. The van der Waals surface area contributed by atoms with Crippen molar-refractivity contribution in [2.45, 2.75) is 32.7 Å². The van der Waals surface area contributed by atoms with Gasteiger partial charge in [0, 0.05) is 31.7 Å². The van der Waals surface area contributed by atoms with Crippen LogP contribution in [0.15, 0.2) is 55.1 Å². The van der Waals surface area contributed by atoms with Crippen molar-refractivity contribution in [3.63, 3.8) is 0 Å². The molecule has 7 heteroatoms. The van der Waals surface area contributed by atoms with E-state index in [1.807, 2.05) is 24.0 Å². The van der Waals surface area contributed by atoms with Crippen molar-refractivity contribution in [1.82, 2.24) is 9.80 Å². The lowest BCUT2D eigenvalue weighted by Gasteiger charge is -2.26. The maximum Gasteiger partial charge on any atom is 0.260 e. The number of amides is 2. The standard InChI is InChI=1S/C27H31N3O4/c1-3-14-30(19-22-10-8-21(18-28)9-11-22)27(32)23-12-13-24(25(17-23)33-4-2)34-20-26(31)29-15-6-5-7-16-29/h3,8-13,17H,1,4-7,14-16,19-20H2,2H3. The number of ether oxygens (including phenoxy) is 2. The summed E-state index contributed by atoms with van der Waals surface area (Å²) in [6.07, 6.45) is 4.88. The van der Waals surface area contributed by atoms with E-state index < -0.39 is 0 Å². The largest absolute Gasteiger partial charge is 0.490 e. The zero-order valence-electron chi connectivity index (χ0n) is 19.7. The molecule has 0 aliphatic carbocycles. The first-order valence-corrected chi connectivity index (χ1v) is 11.6. The van der Waals surface area contributed by atoms with Gasteiger partial charge in [-0.2, -0.15) is 5.26 Å². The molecule has 0 radical (unpaired) electrons. The van der Waals surface area contributed by atoms with Crippen LogP contribution in [0.3, 0.4) is 0 Å². The predicted molar refractivity (Wildman–Crippen MR) is 130 cm³/mol. The Kier molecular flexibility index (Phi) is 9.10. The zero-order chi connectivity index (χ0) is 24.3. The van der Waals surface area contributed by atoms with Crippen molar-refractivity contribution in [3.8, 4) is 17.6 Å². The second kappa shape index (κ2) is 12.4. The molecule has 1 saturated heterocycles. The first-order valence-electron chi connectivity index (χ1n) is 11.6. The molecule has 178 valence electrons. The number of likely N-dealkylation sites (tertiary alicyclic amines) is 1. The normalized spacial score (nSPS) is 13.0. The number of piperidine rings is 1. The lowest BCUT2D eigenvalue weighted by molar-refractivity contribution is -0.134. The summed E-state index contributed by atoms with van der Waals surface area (Å²) >= 11 is 0. The van der Waals surface area contributed by atoms with Gasteiger partial charge in [0.25, 0.3) is 11.8 Å². The van der Waals surface area contributed by atoms with Crippen molar-refractivity contribution in [1.29, 1.82) is 5.26 Å². The summed E-state index contributed by atoms with van der Waals surface area (Å²) < 4.78 is 11.5. The van der Waals surface area contributed by atoms with Gasteiger partial charge in [-0.25, -0.2) is 0 Å². The third-order valence-electron chi connectivity index (χ3n) is 5.64.